The molecule has 0 bridgehead atoms. The minimum absolute atomic E-state index is 0.150. The zero-order chi connectivity index (χ0) is 22.9. The number of hydrogen-bond acceptors (Lipinski definition) is 5. The van der Waals surface area contributed by atoms with E-state index in [4.69, 9.17) is 4.74 Å². The van der Waals surface area contributed by atoms with E-state index < -0.39 is 0 Å². The lowest BCUT2D eigenvalue weighted by molar-refractivity contribution is 0.0975. The van der Waals surface area contributed by atoms with Crippen molar-refractivity contribution in [2.45, 2.75) is 52.9 Å². The third-order valence-corrected chi connectivity index (χ3v) is 5.37. The number of hydrogen-bond donors (Lipinski definition) is 3. The van der Waals surface area contributed by atoms with Gasteiger partial charge in [0.1, 0.15) is 5.75 Å². The summed E-state index contributed by atoms with van der Waals surface area (Å²) in [4.78, 5) is 17.0. The smallest absolute Gasteiger partial charge is 0.257 e. The SMILES string of the molecule is CC(C)CCCOc1cccc(Nc2ccc(C(=O)NC3=NCCCN3)cc2C(C)C)c1. The van der Waals surface area contributed by atoms with E-state index in [2.05, 4.69) is 48.6 Å². The minimum atomic E-state index is -0.150. The first-order valence-electron chi connectivity index (χ1n) is 11.7. The van der Waals surface area contributed by atoms with Crippen molar-refractivity contribution >= 4 is 23.2 Å². The van der Waals surface area contributed by atoms with Gasteiger partial charge in [0.05, 0.1) is 6.61 Å². The van der Waals surface area contributed by atoms with Crippen LogP contribution in [0.15, 0.2) is 47.5 Å². The molecular weight excluding hydrogens is 400 g/mol. The number of anilines is 2. The number of amides is 1. The summed E-state index contributed by atoms with van der Waals surface area (Å²) in [6.45, 7) is 11.0. The second-order valence-corrected chi connectivity index (χ2v) is 8.96. The van der Waals surface area contributed by atoms with Gasteiger partial charge in [-0.3, -0.25) is 15.1 Å². The van der Waals surface area contributed by atoms with E-state index in [1.165, 1.54) is 6.42 Å². The fourth-order valence-corrected chi connectivity index (χ4v) is 3.59. The van der Waals surface area contributed by atoms with Crippen LogP contribution in [0.2, 0.25) is 0 Å². The first-order valence-corrected chi connectivity index (χ1v) is 11.7. The Balaban J connectivity index is 1.69. The lowest BCUT2D eigenvalue weighted by atomic mass is 9.98. The summed E-state index contributed by atoms with van der Waals surface area (Å²) in [6.07, 6.45) is 3.21. The molecule has 0 spiro atoms. The maximum Gasteiger partial charge on any atom is 0.257 e. The van der Waals surface area contributed by atoms with Crippen LogP contribution >= 0.6 is 0 Å². The molecule has 0 fully saturated rings. The van der Waals surface area contributed by atoms with Crippen molar-refractivity contribution in [2.75, 3.05) is 25.0 Å². The maximum atomic E-state index is 12.7. The molecule has 1 heterocycles. The molecule has 3 rings (SSSR count). The minimum Gasteiger partial charge on any atom is -0.494 e. The largest absolute Gasteiger partial charge is 0.494 e. The average Bonchev–Trinajstić information content (AvgIpc) is 2.77. The molecule has 0 atom stereocenters. The van der Waals surface area contributed by atoms with Crippen molar-refractivity contribution in [3.8, 4) is 5.75 Å². The van der Waals surface area contributed by atoms with Gasteiger partial charge in [-0.15, -0.1) is 0 Å². The molecule has 0 saturated heterocycles. The van der Waals surface area contributed by atoms with Crippen LogP contribution in [0.4, 0.5) is 11.4 Å². The van der Waals surface area contributed by atoms with Crippen LogP contribution in [0.3, 0.4) is 0 Å². The number of guanidine groups is 1. The molecule has 2 aromatic rings. The number of nitrogens with zero attached hydrogens (tertiary/aromatic N) is 1. The Labute approximate surface area is 191 Å². The molecule has 6 nitrogen and oxygen atoms in total. The number of aliphatic imine (C=N–C) groups is 1. The molecule has 3 N–H and O–H groups in total. The van der Waals surface area contributed by atoms with Crippen LogP contribution in [-0.2, 0) is 0 Å². The number of benzene rings is 2. The molecule has 0 radical (unpaired) electrons. The van der Waals surface area contributed by atoms with E-state index in [0.29, 0.717) is 17.4 Å². The summed E-state index contributed by atoms with van der Waals surface area (Å²) in [5.41, 5.74) is 3.66. The topological polar surface area (TPSA) is 74.8 Å². The Morgan fingerprint density at radius 1 is 1.16 bits per heavy atom. The number of ether oxygens (including phenoxy) is 1. The van der Waals surface area contributed by atoms with E-state index in [-0.39, 0.29) is 11.8 Å². The summed E-state index contributed by atoms with van der Waals surface area (Å²) in [7, 11) is 0. The molecule has 0 aliphatic carbocycles. The van der Waals surface area contributed by atoms with Gasteiger partial charge >= 0.3 is 0 Å². The summed E-state index contributed by atoms with van der Waals surface area (Å²) in [5, 5.41) is 9.50. The predicted octanol–water partition coefficient (Wildman–Crippen LogP) is 5.45. The highest BCUT2D eigenvalue weighted by atomic mass is 16.5. The van der Waals surface area contributed by atoms with Crippen molar-refractivity contribution in [3.05, 3.63) is 53.6 Å². The molecule has 0 aromatic heterocycles. The Hall–Kier alpha value is -3.02. The van der Waals surface area contributed by atoms with Crippen LogP contribution in [0.5, 0.6) is 5.75 Å². The highest BCUT2D eigenvalue weighted by Gasteiger charge is 2.15. The molecule has 32 heavy (non-hydrogen) atoms. The Bertz CT molecular complexity index is 937. The Morgan fingerprint density at radius 2 is 2.00 bits per heavy atom. The van der Waals surface area contributed by atoms with Gasteiger partial charge in [0.15, 0.2) is 5.96 Å². The van der Waals surface area contributed by atoms with Gasteiger partial charge in [0.2, 0.25) is 0 Å². The average molecular weight is 437 g/mol. The van der Waals surface area contributed by atoms with E-state index >= 15 is 0 Å². The van der Waals surface area contributed by atoms with E-state index in [1.807, 2.05) is 42.5 Å². The van der Waals surface area contributed by atoms with Gasteiger partial charge in [-0.25, -0.2) is 0 Å². The zero-order valence-electron chi connectivity index (χ0n) is 19.7. The first kappa shape index (κ1) is 23.6. The quantitative estimate of drug-likeness (QED) is 0.457. The van der Waals surface area contributed by atoms with Crippen LogP contribution < -0.4 is 20.7 Å². The van der Waals surface area contributed by atoms with Gasteiger partial charge < -0.3 is 15.4 Å². The molecule has 172 valence electrons. The van der Waals surface area contributed by atoms with Crippen molar-refractivity contribution in [2.24, 2.45) is 10.9 Å². The van der Waals surface area contributed by atoms with Crippen LogP contribution in [-0.4, -0.2) is 31.6 Å². The maximum absolute atomic E-state index is 12.7. The molecule has 0 unspecified atom stereocenters. The highest BCUT2D eigenvalue weighted by Crippen LogP contribution is 2.29. The van der Waals surface area contributed by atoms with E-state index in [1.54, 1.807) is 0 Å². The summed E-state index contributed by atoms with van der Waals surface area (Å²) >= 11 is 0. The molecule has 6 heteroatoms. The number of nitrogens with one attached hydrogen (secondary N) is 3. The van der Waals surface area contributed by atoms with Crippen molar-refractivity contribution in [1.29, 1.82) is 0 Å². The Morgan fingerprint density at radius 3 is 2.72 bits per heavy atom. The molecule has 1 amide bonds. The number of carbonyl (C=O) groups excluding carboxylic acids is 1. The van der Waals surface area contributed by atoms with Gasteiger partial charge in [0, 0.05) is 36.1 Å². The van der Waals surface area contributed by atoms with Gasteiger partial charge in [-0.05, 0) is 67.0 Å². The molecule has 1 aliphatic heterocycles. The predicted molar refractivity (Wildman–Crippen MR) is 132 cm³/mol. The fourth-order valence-electron chi connectivity index (χ4n) is 3.59. The lowest BCUT2D eigenvalue weighted by Gasteiger charge is -2.18. The highest BCUT2D eigenvalue weighted by molar-refractivity contribution is 6.06. The van der Waals surface area contributed by atoms with Crippen molar-refractivity contribution in [1.82, 2.24) is 10.6 Å². The third-order valence-electron chi connectivity index (χ3n) is 5.37. The second kappa shape index (κ2) is 11.6. The lowest BCUT2D eigenvalue weighted by Crippen LogP contribution is -2.43. The molecule has 2 aromatic carbocycles. The zero-order valence-corrected chi connectivity index (χ0v) is 19.7. The number of carbonyl (C=O) groups is 1. The number of rotatable bonds is 9. The van der Waals surface area contributed by atoms with E-state index in [0.717, 1.165) is 55.2 Å². The molecule has 1 aliphatic rings. The van der Waals surface area contributed by atoms with Crippen LogP contribution in [0, 0.1) is 5.92 Å². The van der Waals surface area contributed by atoms with E-state index in [9.17, 15) is 4.79 Å². The molecular formula is C26H36N4O2. The molecule has 0 saturated carbocycles. The van der Waals surface area contributed by atoms with Gasteiger partial charge in [-0.1, -0.05) is 33.8 Å². The summed E-state index contributed by atoms with van der Waals surface area (Å²) in [6, 6.07) is 13.8. The van der Waals surface area contributed by atoms with Gasteiger partial charge in [0.25, 0.3) is 5.91 Å². The van der Waals surface area contributed by atoms with Crippen molar-refractivity contribution in [3.63, 3.8) is 0 Å². The second-order valence-electron chi connectivity index (χ2n) is 8.96. The standard InChI is InChI=1S/C26H36N4O2/c1-18(2)8-6-15-32-22-10-5-9-21(17-22)29-24-12-11-20(16-23(24)19(3)4)25(31)30-26-27-13-7-14-28-26/h5,9-12,16-19,29H,6-8,13-15H2,1-4H3,(H2,27,28,30,31). The Kier molecular flexibility index (Phi) is 8.54. The van der Waals surface area contributed by atoms with Gasteiger partial charge in [-0.2, -0.15) is 0 Å². The summed E-state index contributed by atoms with van der Waals surface area (Å²) in [5.74, 6) is 2.22. The van der Waals surface area contributed by atoms with Crippen LogP contribution in [0.1, 0.15) is 68.8 Å². The fraction of sp³-hybridized carbons (Fsp3) is 0.462. The van der Waals surface area contributed by atoms with Crippen LogP contribution in [0.25, 0.3) is 0 Å². The third kappa shape index (κ3) is 7.01. The van der Waals surface area contributed by atoms with Crippen molar-refractivity contribution < 1.29 is 9.53 Å². The normalized spacial score (nSPS) is 13.5. The first-order chi connectivity index (χ1) is 15.4. The monoisotopic (exact) mass is 436 g/mol. The summed E-state index contributed by atoms with van der Waals surface area (Å²) < 4.78 is 5.93.